The summed E-state index contributed by atoms with van der Waals surface area (Å²) >= 11 is 0. The standard InChI is InChI=1S/C34H35FO6/c1-37-34-33(40-23-26-15-9-4-10-16-26)32(39-22-25-13-7-3-8-14-25)31(38-21-24-11-5-2-6-12-24)30(41-34)29(36)27-17-19-28(35)20-18-27/h2-20,29-34,36H,21-23H2,1H3/t29-,30-,31-,32+,33-,34+/m1/s1. The minimum Gasteiger partial charge on any atom is -0.386 e. The molecule has 0 spiro atoms. The summed E-state index contributed by atoms with van der Waals surface area (Å²) in [7, 11) is 1.53. The van der Waals surface area contributed by atoms with Gasteiger partial charge in [0.1, 0.15) is 36.3 Å². The van der Waals surface area contributed by atoms with Gasteiger partial charge in [-0.15, -0.1) is 0 Å². The van der Waals surface area contributed by atoms with Crippen molar-refractivity contribution in [1.82, 2.24) is 0 Å². The third kappa shape index (κ3) is 7.65. The SMILES string of the molecule is CO[C@H]1O[C@H]([C@H](O)c2ccc(F)cc2)[C@@H](OCc2ccccc2)[C@H](OCc2ccccc2)[C@H]1OCc1ccccc1. The second kappa shape index (κ2) is 14.5. The maximum atomic E-state index is 13.7. The van der Waals surface area contributed by atoms with Gasteiger partial charge in [0.2, 0.25) is 0 Å². The summed E-state index contributed by atoms with van der Waals surface area (Å²) in [4.78, 5) is 0. The van der Waals surface area contributed by atoms with Gasteiger partial charge in [-0.1, -0.05) is 103 Å². The van der Waals surface area contributed by atoms with E-state index in [4.69, 9.17) is 23.7 Å². The van der Waals surface area contributed by atoms with Crippen molar-refractivity contribution in [2.45, 2.75) is 56.6 Å². The number of benzene rings is 4. The first-order valence-electron chi connectivity index (χ1n) is 13.7. The van der Waals surface area contributed by atoms with Crippen molar-refractivity contribution >= 4 is 0 Å². The van der Waals surface area contributed by atoms with E-state index in [0.717, 1.165) is 16.7 Å². The molecular formula is C34H35FO6. The molecule has 5 rings (SSSR count). The molecule has 0 aliphatic carbocycles. The molecule has 4 aromatic carbocycles. The minimum atomic E-state index is -1.15. The topological polar surface area (TPSA) is 66.4 Å². The molecule has 41 heavy (non-hydrogen) atoms. The van der Waals surface area contributed by atoms with Gasteiger partial charge in [-0.2, -0.15) is 0 Å². The van der Waals surface area contributed by atoms with Crippen molar-refractivity contribution in [3.05, 3.63) is 143 Å². The molecule has 4 aromatic rings. The van der Waals surface area contributed by atoms with Crippen LogP contribution in [0.3, 0.4) is 0 Å². The van der Waals surface area contributed by atoms with Crippen LogP contribution in [0, 0.1) is 5.82 Å². The molecular weight excluding hydrogens is 523 g/mol. The number of rotatable bonds is 12. The first-order chi connectivity index (χ1) is 20.1. The Morgan fingerprint density at radius 3 is 1.54 bits per heavy atom. The molecule has 214 valence electrons. The van der Waals surface area contributed by atoms with Gasteiger partial charge in [0.25, 0.3) is 0 Å². The van der Waals surface area contributed by atoms with Crippen LogP contribution in [-0.4, -0.2) is 42.9 Å². The highest BCUT2D eigenvalue weighted by Gasteiger charge is 2.51. The number of halogens is 1. The second-order valence-corrected chi connectivity index (χ2v) is 9.98. The maximum absolute atomic E-state index is 13.7. The molecule has 0 aromatic heterocycles. The molecule has 7 heteroatoms. The molecule has 0 radical (unpaired) electrons. The molecule has 0 bridgehead atoms. The van der Waals surface area contributed by atoms with Crippen molar-refractivity contribution in [2.75, 3.05) is 7.11 Å². The van der Waals surface area contributed by atoms with Gasteiger partial charge in [-0.3, -0.25) is 0 Å². The predicted octanol–water partition coefficient (Wildman–Crippen LogP) is 5.99. The van der Waals surface area contributed by atoms with Crippen molar-refractivity contribution in [3.8, 4) is 0 Å². The lowest BCUT2D eigenvalue weighted by Crippen LogP contribution is -2.61. The summed E-state index contributed by atoms with van der Waals surface area (Å²) in [6, 6.07) is 35.1. The highest BCUT2D eigenvalue weighted by molar-refractivity contribution is 5.21. The highest BCUT2D eigenvalue weighted by atomic mass is 19.1. The molecule has 1 heterocycles. The molecule has 0 unspecified atom stereocenters. The zero-order valence-corrected chi connectivity index (χ0v) is 22.9. The van der Waals surface area contributed by atoms with Gasteiger partial charge >= 0.3 is 0 Å². The lowest BCUT2D eigenvalue weighted by Gasteiger charge is -2.47. The zero-order valence-electron chi connectivity index (χ0n) is 22.9. The van der Waals surface area contributed by atoms with Gasteiger partial charge in [-0.25, -0.2) is 4.39 Å². The average molecular weight is 559 g/mol. The van der Waals surface area contributed by atoms with Gasteiger partial charge in [0.05, 0.1) is 19.8 Å². The van der Waals surface area contributed by atoms with E-state index in [2.05, 4.69) is 0 Å². The minimum absolute atomic E-state index is 0.260. The predicted molar refractivity (Wildman–Crippen MR) is 152 cm³/mol. The van der Waals surface area contributed by atoms with Gasteiger partial charge < -0.3 is 28.8 Å². The van der Waals surface area contributed by atoms with Crippen molar-refractivity contribution in [1.29, 1.82) is 0 Å². The first kappa shape index (κ1) is 29.1. The van der Waals surface area contributed by atoms with Crippen LogP contribution in [0.1, 0.15) is 28.4 Å². The summed E-state index contributed by atoms with van der Waals surface area (Å²) < 4.78 is 45.3. The fourth-order valence-electron chi connectivity index (χ4n) is 4.98. The van der Waals surface area contributed by atoms with Gasteiger partial charge in [0, 0.05) is 7.11 Å². The van der Waals surface area contributed by atoms with E-state index < -0.39 is 42.6 Å². The van der Waals surface area contributed by atoms with Crippen LogP contribution in [0.5, 0.6) is 0 Å². The molecule has 1 saturated heterocycles. The molecule has 1 N–H and O–H groups in total. The Hall–Kier alpha value is -3.43. The number of aliphatic hydroxyl groups is 1. The number of hydrogen-bond donors (Lipinski definition) is 1. The van der Waals surface area contributed by atoms with Gasteiger partial charge in [-0.05, 0) is 34.4 Å². The fraction of sp³-hybridized carbons (Fsp3) is 0.294. The van der Waals surface area contributed by atoms with E-state index in [9.17, 15) is 9.50 Å². The Labute approximate surface area is 240 Å². The Bertz CT molecular complexity index is 1310. The lowest BCUT2D eigenvalue weighted by atomic mass is 9.91. The van der Waals surface area contributed by atoms with Crippen LogP contribution in [0.2, 0.25) is 0 Å². The molecule has 0 saturated carbocycles. The maximum Gasteiger partial charge on any atom is 0.186 e. The molecule has 0 amide bonds. The Balaban J connectivity index is 1.48. The van der Waals surface area contributed by atoms with Crippen LogP contribution < -0.4 is 0 Å². The molecule has 1 aliphatic rings. The van der Waals surface area contributed by atoms with Crippen LogP contribution >= 0.6 is 0 Å². The van der Waals surface area contributed by atoms with E-state index in [1.54, 1.807) is 0 Å². The number of methoxy groups -OCH3 is 1. The summed E-state index contributed by atoms with van der Waals surface area (Å²) in [6.45, 7) is 0.851. The summed E-state index contributed by atoms with van der Waals surface area (Å²) in [5.74, 6) is -0.393. The Morgan fingerprint density at radius 2 is 1.07 bits per heavy atom. The molecule has 6 nitrogen and oxygen atoms in total. The van der Waals surface area contributed by atoms with Crippen LogP contribution in [-0.2, 0) is 43.5 Å². The quantitative estimate of drug-likeness (QED) is 0.231. The highest BCUT2D eigenvalue weighted by Crippen LogP contribution is 2.36. The lowest BCUT2D eigenvalue weighted by molar-refractivity contribution is -0.330. The van der Waals surface area contributed by atoms with Crippen LogP contribution in [0.15, 0.2) is 115 Å². The largest absolute Gasteiger partial charge is 0.386 e. The third-order valence-electron chi connectivity index (χ3n) is 7.14. The second-order valence-electron chi connectivity index (χ2n) is 9.98. The monoisotopic (exact) mass is 558 g/mol. The number of hydrogen-bond acceptors (Lipinski definition) is 6. The summed E-state index contributed by atoms with van der Waals surface area (Å²) in [5, 5.41) is 11.5. The van der Waals surface area contributed by atoms with E-state index in [-0.39, 0.29) is 13.2 Å². The smallest absolute Gasteiger partial charge is 0.186 e. The Kier molecular flexibility index (Phi) is 10.3. The molecule has 1 aliphatic heterocycles. The van der Waals surface area contributed by atoms with Gasteiger partial charge in [0.15, 0.2) is 6.29 Å². The summed E-state index contributed by atoms with van der Waals surface area (Å²) in [6.07, 6.45) is -5.02. The number of aliphatic hydroxyl groups excluding tert-OH is 1. The van der Waals surface area contributed by atoms with Crippen LogP contribution in [0.25, 0.3) is 0 Å². The molecule has 6 atom stereocenters. The van der Waals surface area contributed by atoms with E-state index in [0.29, 0.717) is 12.2 Å². The van der Waals surface area contributed by atoms with Crippen molar-refractivity contribution in [2.24, 2.45) is 0 Å². The molecule has 1 fully saturated rings. The van der Waals surface area contributed by atoms with E-state index in [1.165, 1.54) is 31.4 Å². The normalized spacial score (nSPS) is 23.2. The average Bonchev–Trinajstić information content (AvgIpc) is 3.03. The fourth-order valence-corrected chi connectivity index (χ4v) is 4.98. The number of ether oxygens (including phenoxy) is 5. The van der Waals surface area contributed by atoms with Crippen molar-refractivity contribution in [3.63, 3.8) is 0 Å². The zero-order chi connectivity index (χ0) is 28.4. The van der Waals surface area contributed by atoms with E-state index >= 15 is 0 Å². The third-order valence-corrected chi connectivity index (χ3v) is 7.14. The summed E-state index contributed by atoms with van der Waals surface area (Å²) in [5.41, 5.74) is 3.41. The van der Waals surface area contributed by atoms with Crippen LogP contribution in [0.4, 0.5) is 4.39 Å². The van der Waals surface area contributed by atoms with Crippen molar-refractivity contribution < 1.29 is 33.2 Å². The Morgan fingerprint density at radius 1 is 0.634 bits per heavy atom. The van der Waals surface area contributed by atoms with E-state index in [1.807, 2.05) is 91.0 Å². The first-order valence-corrected chi connectivity index (χ1v) is 13.7.